The second kappa shape index (κ2) is 8.14. The molecular formula is C22H20FN5O2S. The molecule has 0 atom stereocenters. The minimum atomic E-state index is -0.533. The van der Waals surface area contributed by atoms with E-state index in [1.54, 1.807) is 30.3 Å². The topological polar surface area (TPSA) is 88.9 Å². The highest BCUT2D eigenvalue weighted by Crippen LogP contribution is 2.32. The number of fused-ring (bicyclic) bond motifs is 2. The number of hydrogen-bond acceptors (Lipinski definition) is 5. The maximum absolute atomic E-state index is 14.5. The van der Waals surface area contributed by atoms with Gasteiger partial charge >= 0.3 is 0 Å². The zero-order valence-corrected chi connectivity index (χ0v) is 17.5. The summed E-state index contributed by atoms with van der Waals surface area (Å²) < 4.78 is 16.6. The minimum absolute atomic E-state index is 0.0737. The number of nitrogens with one attached hydrogen (secondary N) is 2. The number of hydrogen-bond donors (Lipinski definition) is 2. The molecule has 2 amide bonds. The molecule has 0 unspecified atom stereocenters. The van der Waals surface area contributed by atoms with Crippen molar-refractivity contribution in [1.29, 1.82) is 0 Å². The average Bonchev–Trinajstić information content (AvgIpc) is 3.02. The molecule has 31 heavy (non-hydrogen) atoms. The Hall–Kier alpha value is -3.20. The van der Waals surface area contributed by atoms with Gasteiger partial charge in [0.15, 0.2) is 5.82 Å². The highest BCUT2D eigenvalue weighted by Gasteiger charge is 2.20. The van der Waals surface area contributed by atoms with Gasteiger partial charge in [0.05, 0.1) is 17.1 Å². The van der Waals surface area contributed by atoms with Crippen molar-refractivity contribution in [3.63, 3.8) is 0 Å². The number of amides is 2. The maximum Gasteiger partial charge on any atom is 0.255 e. The van der Waals surface area contributed by atoms with E-state index in [2.05, 4.69) is 25.4 Å². The first-order chi connectivity index (χ1) is 15.1. The maximum atomic E-state index is 14.5. The van der Waals surface area contributed by atoms with Crippen LogP contribution in [-0.2, 0) is 17.8 Å². The smallest absolute Gasteiger partial charge is 0.255 e. The van der Waals surface area contributed by atoms with Crippen molar-refractivity contribution in [3.8, 4) is 11.4 Å². The summed E-state index contributed by atoms with van der Waals surface area (Å²) in [6, 6.07) is 9.62. The predicted octanol–water partition coefficient (Wildman–Crippen LogP) is 4.11. The molecule has 158 valence electrons. The Morgan fingerprint density at radius 3 is 2.94 bits per heavy atom. The summed E-state index contributed by atoms with van der Waals surface area (Å²) in [5.74, 6) is 0.875. The normalized spacial score (nSPS) is 15.5. The summed E-state index contributed by atoms with van der Waals surface area (Å²) >= 11 is 1.42. The number of nitrogens with zero attached hydrogens (tertiary/aromatic N) is 3. The SMILES string of the molecule is O=C1CSc2ccc(C(=O)Nc3cc(-c4nnc5n4CCCCC5)ccc3F)cc2N1. The highest BCUT2D eigenvalue weighted by molar-refractivity contribution is 8.00. The van der Waals surface area contributed by atoms with Crippen molar-refractivity contribution in [2.75, 3.05) is 16.4 Å². The molecule has 0 radical (unpaired) electrons. The third-order valence-electron chi connectivity index (χ3n) is 5.46. The van der Waals surface area contributed by atoms with Gasteiger partial charge in [0.2, 0.25) is 5.91 Å². The molecule has 3 aromatic rings. The van der Waals surface area contributed by atoms with Crippen LogP contribution in [-0.4, -0.2) is 32.3 Å². The Balaban J connectivity index is 1.42. The van der Waals surface area contributed by atoms with E-state index in [4.69, 9.17) is 0 Å². The van der Waals surface area contributed by atoms with Gasteiger partial charge < -0.3 is 15.2 Å². The van der Waals surface area contributed by atoms with Crippen LogP contribution >= 0.6 is 11.8 Å². The number of aromatic nitrogens is 3. The first kappa shape index (κ1) is 19.7. The van der Waals surface area contributed by atoms with Gasteiger partial charge in [-0.3, -0.25) is 9.59 Å². The number of benzene rings is 2. The summed E-state index contributed by atoms with van der Waals surface area (Å²) in [6.07, 6.45) is 4.16. The second-order valence-electron chi connectivity index (χ2n) is 7.60. The van der Waals surface area contributed by atoms with Gasteiger partial charge in [0.1, 0.15) is 11.6 Å². The van der Waals surface area contributed by atoms with E-state index in [1.165, 1.54) is 17.8 Å². The molecule has 3 heterocycles. The van der Waals surface area contributed by atoms with Crippen molar-refractivity contribution in [2.45, 2.75) is 37.1 Å². The van der Waals surface area contributed by atoms with Gasteiger partial charge in [-0.05, 0) is 49.2 Å². The standard InChI is InChI=1S/C22H20FN5O2S/c23-15-7-5-13(21-27-26-19-4-2-1-3-9-28(19)21)10-16(15)25-22(30)14-6-8-18-17(11-14)24-20(29)12-31-18/h5-8,10-11H,1-4,9,12H2,(H,24,29)(H,25,30). The lowest BCUT2D eigenvalue weighted by Crippen LogP contribution is -2.20. The number of carbonyl (C=O) groups excluding carboxylic acids is 2. The van der Waals surface area contributed by atoms with Crippen LogP contribution in [0, 0.1) is 5.82 Å². The number of anilines is 2. The number of aryl methyl sites for hydroxylation is 1. The fraction of sp³-hybridized carbons (Fsp3) is 0.273. The first-order valence-corrected chi connectivity index (χ1v) is 11.2. The van der Waals surface area contributed by atoms with Crippen molar-refractivity contribution in [2.24, 2.45) is 0 Å². The Morgan fingerprint density at radius 2 is 2.03 bits per heavy atom. The van der Waals surface area contributed by atoms with E-state index in [9.17, 15) is 14.0 Å². The minimum Gasteiger partial charge on any atom is -0.324 e. The number of rotatable bonds is 3. The molecule has 1 aromatic heterocycles. The van der Waals surface area contributed by atoms with Crippen LogP contribution in [0.25, 0.3) is 11.4 Å². The molecule has 0 spiro atoms. The van der Waals surface area contributed by atoms with Gasteiger partial charge in [0.25, 0.3) is 5.91 Å². The number of halogens is 1. The first-order valence-electron chi connectivity index (χ1n) is 10.2. The summed E-state index contributed by atoms with van der Waals surface area (Å²) in [4.78, 5) is 25.3. The molecule has 0 saturated carbocycles. The molecule has 2 N–H and O–H groups in total. The van der Waals surface area contributed by atoms with Crippen LogP contribution in [0.15, 0.2) is 41.3 Å². The average molecular weight is 438 g/mol. The van der Waals surface area contributed by atoms with Crippen molar-refractivity contribution >= 4 is 35.0 Å². The monoisotopic (exact) mass is 437 g/mol. The van der Waals surface area contributed by atoms with Crippen LogP contribution in [0.1, 0.15) is 35.4 Å². The quantitative estimate of drug-likeness (QED) is 0.644. The van der Waals surface area contributed by atoms with Crippen molar-refractivity contribution < 1.29 is 14.0 Å². The Labute approximate surface area is 182 Å². The molecular weight excluding hydrogens is 417 g/mol. The van der Waals surface area contributed by atoms with Gasteiger partial charge in [-0.25, -0.2) is 4.39 Å². The molecule has 0 bridgehead atoms. The molecule has 5 rings (SSSR count). The molecule has 0 aliphatic carbocycles. The molecule has 0 saturated heterocycles. The Kier molecular flexibility index (Phi) is 5.19. The third-order valence-corrected chi connectivity index (χ3v) is 6.53. The Bertz CT molecular complexity index is 1190. The summed E-state index contributed by atoms with van der Waals surface area (Å²) in [5.41, 5.74) is 1.70. The summed E-state index contributed by atoms with van der Waals surface area (Å²) in [5, 5.41) is 14.0. The Morgan fingerprint density at radius 1 is 1.13 bits per heavy atom. The highest BCUT2D eigenvalue weighted by atomic mass is 32.2. The molecule has 7 nitrogen and oxygen atoms in total. The van der Waals surface area contributed by atoms with E-state index < -0.39 is 11.7 Å². The second-order valence-corrected chi connectivity index (χ2v) is 8.62. The fourth-order valence-electron chi connectivity index (χ4n) is 3.88. The van der Waals surface area contributed by atoms with Crippen LogP contribution in [0.2, 0.25) is 0 Å². The fourth-order valence-corrected chi connectivity index (χ4v) is 4.67. The van der Waals surface area contributed by atoms with Crippen LogP contribution < -0.4 is 10.6 Å². The summed E-state index contributed by atoms with van der Waals surface area (Å²) in [7, 11) is 0. The lowest BCUT2D eigenvalue weighted by atomic mass is 10.1. The van der Waals surface area contributed by atoms with E-state index in [0.29, 0.717) is 28.4 Å². The van der Waals surface area contributed by atoms with Crippen LogP contribution in [0.3, 0.4) is 0 Å². The van der Waals surface area contributed by atoms with Crippen molar-refractivity contribution in [3.05, 3.63) is 53.6 Å². The largest absolute Gasteiger partial charge is 0.324 e. The molecule has 2 aliphatic rings. The lowest BCUT2D eigenvalue weighted by Gasteiger charge is -2.17. The van der Waals surface area contributed by atoms with Gasteiger partial charge in [-0.1, -0.05) is 6.42 Å². The van der Waals surface area contributed by atoms with Crippen LogP contribution in [0.4, 0.5) is 15.8 Å². The molecule has 9 heteroatoms. The zero-order valence-electron chi connectivity index (χ0n) is 16.7. The van der Waals surface area contributed by atoms with E-state index in [0.717, 1.165) is 42.9 Å². The predicted molar refractivity (Wildman–Crippen MR) is 117 cm³/mol. The van der Waals surface area contributed by atoms with E-state index in [1.807, 2.05) is 0 Å². The third kappa shape index (κ3) is 3.93. The number of thioether (sulfide) groups is 1. The van der Waals surface area contributed by atoms with Gasteiger partial charge in [-0.2, -0.15) is 0 Å². The number of carbonyl (C=O) groups is 2. The molecule has 2 aromatic carbocycles. The van der Waals surface area contributed by atoms with Crippen molar-refractivity contribution in [1.82, 2.24) is 14.8 Å². The molecule has 2 aliphatic heterocycles. The van der Waals surface area contributed by atoms with E-state index >= 15 is 0 Å². The van der Waals surface area contributed by atoms with E-state index in [-0.39, 0.29) is 11.6 Å². The summed E-state index contributed by atoms with van der Waals surface area (Å²) in [6.45, 7) is 0.829. The lowest BCUT2D eigenvalue weighted by molar-refractivity contribution is -0.113. The van der Waals surface area contributed by atoms with Gasteiger partial charge in [-0.15, -0.1) is 22.0 Å². The van der Waals surface area contributed by atoms with Gasteiger partial charge in [0, 0.05) is 29.0 Å². The van der Waals surface area contributed by atoms with Crippen LogP contribution in [0.5, 0.6) is 0 Å². The zero-order chi connectivity index (χ0) is 21.4. The molecule has 0 fully saturated rings.